The Bertz CT molecular complexity index is 2700. The summed E-state index contributed by atoms with van der Waals surface area (Å²) >= 11 is 0. The monoisotopic (exact) mass is 919 g/mol. The van der Waals surface area contributed by atoms with Gasteiger partial charge in [-0.1, -0.05) is 63.1 Å². The number of fused-ring (bicyclic) bond motifs is 2. The van der Waals surface area contributed by atoms with Crippen LogP contribution in [0, 0.1) is 0 Å². The number of piperazine rings is 1. The third-order valence-electron chi connectivity index (χ3n) is 12.3. The van der Waals surface area contributed by atoms with E-state index < -0.39 is 39.7 Å². The number of piperidine rings is 1. The summed E-state index contributed by atoms with van der Waals surface area (Å²) in [5.74, 6) is -0.682. The van der Waals surface area contributed by atoms with Gasteiger partial charge in [0.2, 0.25) is 27.8 Å². The highest BCUT2D eigenvalue weighted by Crippen LogP contribution is 2.35. The van der Waals surface area contributed by atoms with Gasteiger partial charge < -0.3 is 19.7 Å². The highest BCUT2D eigenvalue weighted by atomic mass is 32.2. The predicted molar refractivity (Wildman–Crippen MR) is 252 cm³/mol. The first kappa shape index (κ1) is 46.0. The van der Waals surface area contributed by atoms with E-state index in [-0.39, 0.29) is 24.0 Å². The van der Waals surface area contributed by atoms with Gasteiger partial charge in [0, 0.05) is 55.6 Å². The number of carbonyl (C=O) groups is 4. The Hall–Kier alpha value is -6.53. The van der Waals surface area contributed by atoms with Gasteiger partial charge in [-0.05, 0) is 74.3 Å². The second-order valence-corrected chi connectivity index (χ2v) is 18.8. The van der Waals surface area contributed by atoms with E-state index in [2.05, 4.69) is 42.3 Å². The molecular formula is C48H57N9O8S. The van der Waals surface area contributed by atoms with Crippen molar-refractivity contribution in [3.63, 3.8) is 0 Å². The van der Waals surface area contributed by atoms with E-state index in [1.165, 1.54) is 38.5 Å². The number of unbranched alkanes of at least 4 members (excludes halogenated alkanes) is 8. The lowest BCUT2D eigenvalue weighted by Gasteiger charge is -2.36. The standard InChI is InChI=1S/C48H57N9O8S/c1-64-42-31-35(18-20-38(42)50-48-49-32-36-19-21-39(57(36)52-48)33-14-12-15-34(30-33)53-66(2,62)63)55-27-25-54(26-28-55)24-10-8-6-4-3-5-7-9-11-29-65-41-17-13-16-37-44(41)47(61)56(46(37)60)40-22-23-43(58)51-45(40)59/h12-21,30-32,40,53H,3-11,22-29H2,1-2H3,(H,50,52)(H,51,58,59). The number of carbonyl (C=O) groups excluding carboxylic acids is 4. The number of hydrogen-bond acceptors (Lipinski definition) is 13. The number of rotatable bonds is 21. The average molecular weight is 920 g/mol. The van der Waals surface area contributed by atoms with Gasteiger partial charge >= 0.3 is 0 Å². The van der Waals surface area contributed by atoms with Crippen LogP contribution in [-0.4, -0.2) is 115 Å². The van der Waals surface area contributed by atoms with Gasteiger partial charge in [-0.2, -0.15) is 0 Å². The molecule has 348 valence electrons. The SMILES string of the molecule is COc1cc(N2CCN(CCCCCCCCCCCOc3cccc4c3C(=O)N(C3CCC(=O)NC3=O)C4=O)CC2)ccc1Nc1ncc2ccc(-c3cccc(NS(C)(=O)=O)c3)n2n1. The van der Waals surface area contributed by atoms with E-state index in [1.807, 2.05) is 24.3 Å². The summed E-state index contributed by atoms with van der Waals surface area (Å²) < 4.78 is 39.7. The van der Waals surface area contributed by atoms with Crippen LogP contribution in [0.1, 0.15) is 91.3 Å². The van der Waals surface area contributed by atoms with Crippen LogP contribution in [0.3, 0.4) is 0 Å². The molecule has 2 saturated heterocycles. The number of ether oxygens (including phenoxy) is 2. The van der Waals surface area contributed by atoms with E-state index in [0.717, 1.165) is 91.3 Å². The molecular weight excluding hydrogens is 863 g/mol. The fourth-order valence-corrected chi connectivity index (χ4v) is 9.48. The first-order valence-electron chi connectivity index (χ1n) is 22.8. The van der Waals surface area contributed by atoms with Crippen LogP contribution in [0.5, 0.6) is 11.5 Å². The van der Waals surface area contributed by atoms with Crippen LogP contribution in [0.15, 0.2) is 79.0 Å². The van der Waals surface area contributed by atoms with E-state index in [1.54, 1.807) is 54.2 Å². The molecule has 0 spiro atoms. The summed E-state index contributed by atoms with van der Waals surface area (Å²) in [7, 11) is -1.76. The molecule has 2 fully saturated rings. The van der Waals surface area contributed by atoms with E-state index in [9.17, 15) is 27.6 Å². The molecule has 8 rings (SSSR count). The molecule has 0 bridgehead atoms. The quantitative estimate of drug-likeness (QED) is 0.0524. The van der Waals surface area contributed by atoms with Crippen LogP contribution < -0.4 is 29.7 Å². The zero-order valence-corrected chi connectivity index (χ0v) is 38.3. The van der Waals surface area contributed by atoms with Crippen LogP contribution in [0.2, 0.25) is 0 Å². The zero-order valence-electron chi connectivity index (χ0n) is 37.5. The van der Waals surface area contributed by atoms with Crippen molar-refractivity contribution in [2.45, 2.75) is 76.7 Å². The Balaban J connectivity index is 0.702. The summed E-state index contributed by atoms with van der Waals surface area (Å²) in [5, 5.41) is 10.3. The molecule has 3 aliphatic heterocycles. The minimum atomic E-state index is -3.42. The Kier molecular flexibility index (Phi) is 14.5. The first-order valence-corrected chi connectivity index (χ1v) is 24.7. The number of amides is 4. The lowest BCUT2D eigenvalue weighted by atomic mass is 10.0. The molecule has 18 heteroatoms. The second kappa shape index (κ2) is 20.8. The summed E-state index contributed by atoms with van der Waals surface area (Å²) in [6.45, 7) is 5.43. The average Bonchev–Trinajstić information content (AvgIpc) is 3.84. The highest BCUT2D eigenvalue weighted by Gasteiger charge is 2.46. The maximum absolute atomic E-state index is 13.3. The molecule has 5 aromatic rings. The van der Waals surface area contributed by atoms with E-state index in [0.29, 0.717) is 29.7 Å². The van der Waals surface area contributed by atoms with Crippen LogP contribution in [0.4, 0.5) is 23.0 Å². The number of nitrogens with zero attached hydrogens (tertiary/aromatic N) is 6. The third-order valence-corrected chi connectivity index (χ3v) is 12.9. The minimum absolute atomic E-state index is 0.0783. The number of sulfonamides is 1. The maximum Gasteiger partial charge on any atom is 0.266 e. The molecule has 66 heavy (non-hydrogen) atoms. The maximum atomic E-state index is 13.3. The van der Waals surface area contributed by atoms with Crippen molar-refractivity contribution in [1.82, 2.24) is 29.7 Å². The number of anilines is 4. The fraction of sp³-hybridized carbons (Fsp3) is 0.417. The molecule has 1 unspecified atom stereocenters. The number of aromatic nitrogens is 3. The number of imide groups is 2. The van der Waals surface area contributed by atoms with E-state index in [4.69, 9.17) is 14.6 Å². The van der Waals surface area contributed by atoms with Gasteiger partial charge in [-0.25, -0.2) is 17.9 Å². The van der Waals surface area contributed by atoms with Crippen molar-refractivity contribution in [3.05, 3.63) is 90.1 Å². The van der Waals surface area contributed by atoms with Gasteiger partial charge in [-0.15, -0.1) is 5.10 Å². The van der Waals surface area contributed by atoms with Gasteiger partial charge in [-0.3, -0.25) is 39.0 Å². The minimum Gasteiger partial charge on any atom is -0.494 e. The number of hydrogen-bond donors (Lipinski definition) is 3. The van der Waals surface area contributed by atoms with E-state index >= 15 is 0 Å². The van der Waals surface area contributed by atoms with Gasteiger partial charge in [0.1, 0.15) is 17.5 Å². The molecule has 4 amide bonds. The highest BCUT2D eigenvalue weighted by molar-refractivity contribution is 7.92. The largest absolute Gasteiger partial charge is 0.494 e. The second-order valence-electron chi connectivity index (χ2n) is 17.1. The Morgan fingerprint density at radius 3 is 2.29 bits per heavy atom. The molecule has 3 aromatic carbocycles. The molecule has 0 saturated carbocycles. The number of nitrogens with one attached hydrogen (secondary N) is 3. The zero-order chi connectivity index (χ0) is 46.2. The normalized spacial score (nSPS) is 16.7. The smallest absolute Gasteiger partial charge is 0.266 e. The number of methoxy groups -OCH3 is 1. The predicted octanol–water partition coefficient (Wildman–Crippen LogP) is 6.63. The molecule has 1 atom stereocenters. The Labute approximate surface area is 384 Å². The lowest BCUT2D eigenvalue weighted by molar-refractivity contribution is -0.136. The molecule has 3 aliphatic rings. The topological polar surface area (TPSA) is 197 Å². The molecule has 0 radical (unpaired) electrons. The van der Waals surface area contributed by atoms with Gasteiger partial charge in [0.05, 0.1) is 54.2 Å². The lowest BCUT2D eigenvalue weighted by Crippen LogP contribution is -2.54. The van der Waals surface area contributed by atoms with Crippen molar-refractivity contribution < 1.29 is 37.1 Å². The molecule has 5 heterocycles. The molecule has 17 nitrogen and oxygen atoms in total. The molecule has 3 N–H and O–H groups in total. The van der Waals surface area contributed by atoms with Gasteiger partial charge in [0.15, 0.2) is 0 Å². The third kappa shape index (κ3) is 10.9. The fourth-order valence-electron chi connectivity index (χ4n) is 8.92. The van der Waals surface area contributed by atoms with Crippen molar-refractivity contribution in [2.75, 3.05) is 67.6 Å². The Morgan fingerprint density at radius 1 is 0.803 bits per heavy atom. The van der Waals surface area contributed by atoms with Crippen molar-refractivity contribution >= 4 is 62.2 Å². The summed E-state index contributed by atoms with van der Waals surface area (Å²) in [5.41, 5.74) is 5.12. The Morgan fingerprint density at radius 2 is 1.55 bits per heavy atom. The van der Waals surface area contributed by atoms with Gasteiger partial charge in [0.25, 0.3) is 11.8 Å². The van der Waals surface area contributed by atoms with Crippen molar-refractivity contribution in [2.24, 2.45) is 0 Å². The number of benzene rings is 3. The summed E-state index contributed by atoms with van der Waals surface area (Å²) in [6.07, 6.45) is 13.3. The van der Waals surface area contributed by atoms with Crippen molar-refractivity contribution in [3.8, 4) is 22.8 Å². The first-order chi connectivity index (χ1) is 32.0. The summed E-state index contributed by atoms with van der Waals surface area (Å²) in [4.78, 5) is 60.8. The van der Waals surface area contributed by atoms with Crippen LogP contribution in [0.25, 0.3) is 16.8 Å². The van der Waals surface area contributed by atoms with Crippen molar-refractivity contribution in [1.29, 1.82) is 0 Å². The molecule has 2 aromatic heterocycles. The van der Waals surface area contributed by atoms with Crippen LogP contribution >= 0.6 is 0 Å². The summed E-state index contributed by atoms with van der Waals surface area (Å²) in [6, 6.07) is 21.1. The van der Waals surface area contributed by atoms with Crippen LogP contribution in [-0.2, 0) is 19.6 Å². The molecule has 0 aliphatic carbocycles.